The van der Waals surface area contributed by atoms with Crippen molar-refractivity contribution in [2.45, 2.75) is 38.0 Å². The average Bonchev–Trinajstić information content (AvgIpc) is 2.94. The van der Waals surface area contributed by atoms with Gasteiger partial charge in [0.15, 0.2) is 0 Å². The molecule has 0 bridgehead atoms. The number of rotatable bonds is 5. The molecule has 0 saturated heterocycles. The maximum Gasteiger partial charge on any atom is 0.0938 e. The van der Waals surface area contributed by atoms with E-state index in [1.165, 1.54) is 5.56 Å². The molecule has 2 rings (SSSR count). The van der Waals surface area contributed by atoms with Gasteiger partial charge in [0.05, 0.1) is 10.7 Å². The monoisotopic (exact) mass is 341 g/mol. The van der Waals surface area contributed by atoms with Crippen LogP contribution in [0.25, 0.3) is 0 Å². The van der Waals surface area contributed by atoms with Crippen molar-refractivity contribution in [3.8, 4) is 0 Å². The second-order valence-electron chi connectivity index (χ2n) is 6.47. The molecule has 0 atom stereocenters. The summed E-state index contributed by atoms with van der Waals surface area (Å²) in [5.74, 6) is 0.982. The largest absolute Gasteiger partial charge is 0.246 e. The molecule has 0 amide bonds. The third-order valence-electron chi connectivity index (χ3n) is 3.71. The van der Waals surface area contributed by atoms with Gasteiger partial charge in [-0.25, -0.2) is 4.98 Å². The zero-order valence-corrected chi connectivity index (χ0v) is 15.0. The Morgan fingerprint density at radius 3 is 2.14 bits per heavy atom. The SMILES string of the molecule is CC(C)(C)c1csc(CC(CCl)(CCl)c2ccccc2)n1. The first-order valence-electron chi connectivity index (χ1n) is 7.04. The van der Waals surface area contributed by atoms with Crippen molar-refractivity contribution < 1.29 is 0 Å². The van der Waals surface area contributed by atoms with Gasteiger partial charge < -0.3 is 0 Å². The van der Waals surface area contributed by atoms with E-state index in [1.807, 2.05) is 18.2 Å². The molecule has 0 N–H and O–H groups in total. The van der Waals surface area contributed by atoms with Crippen LogP contribution in [0.2, 0.25) is 0 Å². The third-order valence-corrected chi connectivity index (χ3v) is 5.58. The highest BCUT2D eigenvalue weighted by atomic mass is 35.5. The quantitative estimate of drug-likeness (QED) is 0.663. The van der Waals surface area contributed by atoms with Gasteiger partial charge in [-0.2, -0.15) is 0 Å². The molecule has 114 valence electrons. The van der Waals surface area contributed by atoms with E-state index in [9.17, 15) is 0 Å². The molecule has 21 heavy (non-hydrogen) atoms. The van der Waals surface area contributed by atoms with E-state index in [2.05, 4.69) is 38.3 Å². The minimum atomic E-state index is -0.253. The molecule has 0 spiro atoms. The van der Waals surface area contributed by atoms with Gasteiger partial charge in [0, 0.05) is 34.4 Å². The molecule has 0 fully saturated rings. The predicted molar refractivity (Wildman–Crippen MR) is 94.1 cm³/mol. The number of hydrogen-bond donors (Lipinski definition) is 0. The maximum absolute atomic E-state index is 6.30. The van der Waals surface area contributed by atoms with Gasteiger partial charge in [-0.1, -0.05) is 51.1 Å². The van der Waals surface area contributed by atoms with E-state index in [1.54, 1.807) is 11.3 Å². The van der Waals surface area contributed by atoms with Crippen molar-refractivity contribution in [1.29, 1.82) is 0 Å². The molecule has 2 aromatic rings. The zero-order chi connectivity index (χ0) is 15.5. The summed E-state index contributed by atoms with van der Waals surface area (Å²) in [5, 5.41) is 3.25. The molecule has 1 aromatic heterocycles. The number of thiazole rings is 1. The highest BCUT2D eigenvalue weighted by molar-refractivity contribution is 7.09. The summed E-state index contributed by atoms with van der Waals surface area (Å²) in [7, 11) is 0. The normalized spacial score (nSPS) is 12.6. The standard InChI is InChI=1S/C17H21Cl2NS/c1-16(2,3)14-10-21-15(20-14)9-17(11-18,12-19)13-7-5-4-6-8-13/h4-8,10H,9,11-12H2,1-3H3. The van der Waals surface area contributed by atoms with Crippen LogP contribution in [-0.4, -0.2) is 16.7 Å². The number of benzene rings is 1. The van der Waals surface area contributed by atoms with E-state index in [0.29, 0.717) is 11.8 Å². The van der Waals surface area contributed by atoms with Gasteiger partial charge in [0.1, 0.15) is 0 Å². The summed E-state index contributed by atoms with van der Waals surface area (Å²) in [4.78, 5) is 4.79. The van der Waals surface area contributed by atoms with E-state index in [4.69, 9.17) is 28.2 Å². The fourth-order valence-electron chi connectivity index (χ4n) is 2.20. The molecule has 1 heterocycles. The lowest BCUT2D eigenvalue weighted by atomic mass is 9.81. The molecule has 0 unspecified atom stereocenters. The van der Waals surface area contributed by atoms with Gasteiger partial charge in [-0.05, 0) is 5.56 Å². The van der Waals surface area contributed by atoms with Crippen LogP contribution in [-0.2, 0) is 17.3 Å². The van der Waals surface area contributed by atoms with Crippen molar-refractivity contribution in [2.24, 2.45) is 0 Å². The number of alkyl halides is 2. The summed E-state index contributed by atoms with van der Waals surface area (Å²) in [6.45, 7) is 6.54. The highest BCUT2D eigenvalue weighted by Gasteiger charge is 2.32. The van der Waals surface area contributed by atoms with Crippen LogP contribution >= 0.6 is 34.5 Å². The van der Waals surface area contributed by atoms with Crippen LogP contribution in [0.15, 0.2) is 35.7 Å². The Labute approximate surface area is 141 Å². The van der Waals surface area contributed by atoms with Gasteiger partial charge >= 0.3 is 0 Å². The van der Waals surface area contributed by atoms with Crippen LogP contribution in [0.5, 0.6) is 0 Å². The predicted octanol–water partition coefficient (Wildman–Crippen LogP) is 5.40. The minimum absolute atomic E-state index is 0.0755. The van der Waals surface area contributed by atoms with Crippen molar-refractivity contribution in [1.82, 2.24) is 4.98 Å². The van der Waals surface area contributed by atoms with Gasteiger partial charge in [0.25, 0.3) is 0 Å². The first kappa shape index (κ1) is 16.8. The lowest BCUT2D eigenvalue weighted by Crippen LogP contribution is -2.33. The second kappa shape index (κ2) is 6.68. The molecule has 1 nitrogen and oxygen atoms in total. The Kier molecular flexibility index (Phi) is 5.34. The van der Waals surface area contributed by atoms with Crippen molar-refractivity contribution in [3.05, 3.63) is 52.0 Å². The van der Waals surface area contributed by atoms with E-state index >= 15 is 0 Å². The van der Waals surface area contributed by atoms with E-state index in [0.717, 1.165) is 17.1 Å². The van der Waals surface area contributed by atoms with Crippen LogP contribution in [0, 0.1) is 0 Å². The Morgan fingerprint density at radius 1 is 1.05 bits per heavy atom. The summed E-state index contributed by atoms with van der Waals surface area (Å²) in [5.41, 5.74) is 2.14. The molecule has 1 aromatic carbocycles. The average molecular weight is 342 g/mol. The molecule has 0 aliphatic carbocycles. The van der Waals surface area contributed by atoms with Gasteiger partial charge in [0.2, 0.25) is 0 Å². The molecule has 0 saturated carbocycles. The van der Waals surface area contributed by atoms with Crippen LogP contribution in [0.3, 0.4) is 0 Å². The third kappa shape index (κ3) is 3.80. The van der Waals surface area contributed by atoms with Crippen molar-refractivity contribution >= 4 is 34.5 Å². The number of nitrogens with zero attached hydrogens (tertiary/aromatic N) is 1. The zero-order valence-electron chi connectivity index (χ0n) is 12.7. The van der Waals surface area contributed by atoms with Gasteiger partial charge in [-0.3, -0.25) is 0 Å². The minimum Gasteiger partial charge on any atom is -0.246 e. The number of aromatic nitrogens is 1. The fraction of sp³-hybridized carbons (Fsp3) is 0.471. The molecular formula is C17H21Cl2NS. The number of hydrogen-bond acceptors (Lipinski definition) is 2. The highest BCUT2D eigenvalue weighted by Crippen LogP contribution is 2.34. The Hall–Kier alpha value is -0.570. The molecule has 0 aliphatic heterocycles. The van der Waals surface area contributed by atoms with E-state index in [-0.39, 0.29) is 10.8 Å². The summed E-state index contributed by atoms with van der Waals surface area (Å²) >= 11 is 14.3. The maximum atomic E-state index is 6.30. The van der Waals surface area contributed by atoms with Crippen LogP contribution in [0.1, 0.15) is 37.0 Å². The molecule has 0 radical (unpaired) electrons. The topological polar surface area (TPSA) is 12.9 Å². The summed E-state index contributed by atoms with van der Waals surface area (Å²) in [6, 6.07) is 10.3. The van der Waals surface area contributed by atoms with Crippen molar-refractivity contribution in [2.75, 3.05) is 11.8 Å². The lowest BCUT2D eigenvalue weighted by molar-refractivity contribution is 0.526. The Bertz CT molecular complexity index is 568. The number of halogens is 2. The van der Waals surface area contributed by atoms with Crippen molar-refractivity contribution in [3.63, 3.8) is 0 Å². The van der Waals surface area contributed by atoms with Crippen LogP contribution in [0.4, 0.5) is 0 Å². The first-order valence-corrected chi connectivity index (χ1v) is 8.98. The molecular weight excluding hydrogens is 321 g/mol. The van der Waals surface area contributed by atoms with Crippen LogP contribution < -0.4 is 0 Å². The first-order chi connectivity index (χ1) is 9.91. The summed E-state index contributed by atoms with van der Waals surface area (Å²) in [6.07, 6.45) is 0.782. The fourth-order valence-corrected chi connectivity index (χ4v) is 4.15. The Morgan fingerprint density at radius 2 is 1.67 bits per heavy atom. The van der Waals surface area contributed by atoms with Gasteiger partial charge in [-0.15, -0.1) is 34.5 Å². The van der Waals surface area contributed by atoms with E-state index < -0.39 is 0 Å². The lowest BCUT2D eigenvalue weighted by Gasteiger charge is -2.29. The molecule has 0 aliphatic rings. The smallest absolute Gasteiger partial charge is 0.0938 e. The Balaban J connectivity index is 2.31. The summed E-state index contributed by atoms with van der Waals surface area (Å²) < 4.78 is 0. The second-order valence-corrected chi connectivity index (χ2v) is 7.94. The molecule has 4 heteroatoms.